The van der Waals surface area contributed by atoms with E-state index in [1.54, 1.807) is 11.0 Å². The number of hydrogen-bond donors (Lipinski definition) is 1. The summed E-state index contributed by atoms with van der Waals surface area (Å²) in [5, 5.41) is 10.6. The van der Waals surface area contributed by atoms with Gasteiger partial charge in [0.2, 0.25) is 5.91 Å². The SMILES string of the molecule is CC[C@H](N)C(=O)N1CCN(c2ccc([N+](=O)[O-])cn2)CC1. The summed E-state index contributed by atoms with van der Waals surface area (Å²) in [5.41, 5.74) is 5.73. The van der Waals surface area contributed by atoms with E-state index in [4.69, 9.17) is 5.73 Å². The molecule has 1 fully saturated rings. The summed E-state index contributed by atoms with van der Waals surface area (Å²) in [7, 11) is 0. The number of nitrogens with two attached hydrogens (primary N) is 1. The normalized spacial score (nSPS) is 16.7. The van der Waals surface area contributed by atoms with Crippen LogP contribution in [0.3, 0.4) is 0 Å². The first kappa shape index (κ1) is 15.2. The molecule has 21 heavy (non-hydrogen) atoms. The Bertz CT molecular complexity index is 511. The van der Waals surface area contributed by atoms with E-state index >= 15 is 0 Å². The van der Waals surface area contributed by atoms with Gasteiger partial charge in [-0.15, -0.1) is 0 Å². The second kappa shape index (κ2) is 6.49. The van der Waals surface area contributed by atoms with E-state index in [0.29, 0.717) is 38.4 Å². The summed E-state index contributed by atoms with van der Waals surface area (Å²) < 4.78 is 0. The summed E-state index contributed by atoms with van der Waals surface area (Å²) in [6, 6.07) is 2.63. The lowest BCUT2D eigenvalue weighted by atomic mass is 10.2. The highest BCUT2D eigenvalue weighted by atomic mass is 16.6. The van der Waals surface area contributed by atoms with Crippen LogP contribution in [0.2, 0.25) is 0 Å². The molecule has 1 atom stereocenters. The molecule has 0 spiro atoms. The van der Waals surface area contributed by atoms with Crippen molar-refractivity contribution < 1.29 is 9.72 Å². The molecule has 1 saturated heterocycles. The van der Waals surface area contributed by atoms with E-state index in [2.05, 4.69) is 4.98 Å². The maximum atomic E-state index is 12.0. The van der Waals surface area contributed by atoms with Crippen molar-refractivity contribution in [3.05, 3.63) is 28.4 Å². The Morgan fingerprint density at radius 2 is 2.10 bits per heavy atom. The number of nitro groups is 1. The van der Waals surface area contributed by atoms with Crippen LogP contribution in [-0.4, -0.2) is 52.9 Å². The van der Waals surface area contributed by atoms with Crippen molar-refractivity contribution in [2.24, 2.45) is 5.73 Å². The highest BCUT2D eigenvalue weighted by Crippen LogP contribution is 2.17. The number of hydrogen-bond acceptors (Lipinski definition) is 6. The van der Waals surface area contributed by atoms with Gasteiger partial charge in [-0.1, -0.05) is 6.92 Å². The van der Waals surface area contributed by atoms with E-state index in [1.165, 1.54) is 12.3 Å². The van der Waals surface area contributed by atoms with Crippen LogP contribution in [0.25, 0.3) is 0 Å². The summed E-state index contributed by atoms with van der Waals surface area (Å²) >= 11 is 0. The third-order valence-corrected chi connectivity index (χ3v) is 3.62. The average molecular weight is 293 g/mol. The average Bonchev–Trinajstić information content (AvgIpc) is 2.53. The van der Waals surface area contributed by atoms with Crippen molar-refractivity contribution in [1.82, 2.24) is 9.88 Å². The number of amides is 1. The molecule has 1 aromatic rings. The molecule has 1 amide bonds. The quantitative estimate of drug-likeness (QED) is 0.635. The maximum absolute atomic E-state index is 12.0. The number of piperazine rings is 1. The predicted octanol–water partition coefficient (Wildman–Crippen LogP) is 0.376. The van der Waals surface area contributed by atoms with Crippen LogP contribution in [0.1, 0.15) is 13.3 Å². The van der Waals surface area contributed by atoms with Crippen molar-refractivity contribution in [2.75, 3.05) is 31.1 Å². The second-order valence-electron chi connectivity index (χ2n) is 4.96. The summed E-state index contributed by atoms with van der Waals surface area (Å²) in [6.07, 6.45) is 1.88. The number of carbonyl (C=O) groups excluding carboxylic acids is 1. The van der Waals surface area contributed by atoms with Gasteiger partial charge >= 0.3 is 0 Å². The molecule has 2 rings (SSSR count). The summed E-state index contributed by atoms with van der Waals surface area (Å²) in [5.74, 6) is 0.668. The molecule has 1 aromatic heterocycles. The lowest BCUT2D eigenvalue weighted by Gasteiger charge is -2.36. The number of pyridine rings is 1. The highest BCUT2D eigenvalue weighted by molar-refractivity contribution is 5.81. The minimum Gasteiger partial charge on any atom is -0.353 e. The van der Waals surface area contributed by atoms with Crippen molar-refractivity contribution in [3.8, 4) is 0 Å². The van der Waals surface area contributed by atoms with Gasteiger partial charge in [0.25, 0.3) is 5.69 Å². The van der Waals surface area contributed by atoms with Gasteiger partial charge in [-0.05, 0) is 12.5 Å². The first-order chi connectivity index (χ1) is 10.0. The molecule has 8 nitrogen and oxygen atoms in total. The molecule has 2 N–H and O–H groups in total. The van der Waals surface area contributed by atoms with Crippen LogP contribution in [0.4, 0.5) is 11.5 Å². The molecular weight excluding hydrogens is 274 g/mol. The zero-order valence-corrected chi connectivity index (χ0v) is 11.9. The van der Waals surface area contributed by atoms with Crippen LogP contribution in [-0.2, 0) is 4.79 Å². The highest BCUT2D eigenvalue weighted by Gasteiger charge is 2.25. The fourth-order valence-corrected chi connectivity index (χ4v) is 2.24. The topological polar surface area (TPSA) is 106 Å². The minimum absolute atomic E-state index is 0.0196. The van der Waals surface area contributed by atoms with Gasteiger partial charge in [-0.2, -0.15) is 0 Å². The van der Waals surface area contributed by atoms with Crippen molar-refractivity contribution in [1.29, 1.82) is 0 Å². The second-order valence-corrected chi connectivity index (χ2v) is 4.96. The Morgan fingerprint density at radius 1 is 1.43 bits per heavy atom. The van der Waals surface area contributed by atoms with Gasteiger partial charge < -0.3 is 15.5 Å². The Hall–Kier alpha value is -2.22. The minimum atomic E-state index is -0.473. The third-order valence-electron chi connectivity index (χ3n) is 3.62. The first-order valence-electron chi connectivity index (χ1n) is 6.92. The van der Waals surface area contributed by atoms with E-state index < -0.39 is 11.0 Å². The largest absolute Gasteiger partial charge is 0.353 e. The zero-order valence-electron chi connectivity index (χ0n) is 11.9. The number of aromatic nitrogens is 1. The standard InChI is InChI=1S/C13H19N5O3/c1-2-11(14)13(19)17-7-5-16(6-8-17)12-4-3-10(9-15-12)18(20)21/h3-4,9,11H,2,5-8,14H2,1H3/t11-/m0/s1. The van der Waals surface area contributed by atoms with Crippen molar-refractivity contribution in [3.63, 3.8) is 0 Å². The fraction of sp³-hybridized carbons (Fsp3) is 0.538. The third kappa shape index (κ3) is 3.46. The van der Waals surface area contributed by atoms with Crippen molar-refractivity contribution >= 4 is 17.4 Å². The molecule has 0 aliphatic carbocycles. The van der Waals surface area contributed by atoms with Crippen LogP contribution in [0.5, 0.6) is 0 Å². The molecule has 0 aromatic carbocycles. The van der Waals surface area contributed by atoms with Gasteiger partial charge in [0, 0.05) is 32.2 Å². The smallest absolute Gasteiger partial charge is 0.287 e. The molecule has 1 aliphatic rings. The maximum Gasteiger partial charge on any atom is 0.287 e. The zero-order chi connectivity index (χ0) is 15.4. The Morgan fingerprint density at radius 3 is 2.57 bits per heavy atom. The Kier molecular flexibility index (Phi) is 4.69. The first-order valence-corrected chi connectivity index (χ1v) is 6.92. The van der Waals surface area contributed by atoms with Crippen LogP contribution in [0, 0.1) is 10.1 Å². The molecule has 0 bridgehead atoms. The molecule has 8 heteroatoms. The lowest BCUT2D eigenvalue weighted by molar-refractivity contribution is -0.385. The number of nitrogens with zero attached hydrogens (tertiary/aromatic N) is 4. The fourth-order valence-electron chi connectivity index (χ4n) is 2.24. The molecule has 1 aliphatic heterocycles. The molecule has 114 valence electrons. The van der Waals surface area contributed by atoms with Crippen LogP contribution in [0.15, 0.2) is 18.3 Å². The molecular formula is C13H19N5O3. The Balaban J connectivity index is 1.94. The van der Waals surface area contributed by atoms with Crippen LogP contribution < -0.4 is 10.6 Å². The molecule has 0 unspecified atom stereocenters. The monoisotopic (exact) mass is 293 g/mol. The summed E-state index contributed by atoms with van der Waals surface area (Å²) in [4.78, 5) is 30.0. The van der Waals surface area contributed by atoms with E-state index in [1.807, 2.05) is 11.8 Å². The number of rotatable bonds is 4. The summed E-state index contributed by atoms with van der Waals surface area (Å²) in [6.45, 7) is 4.36. The lowest BCUT2D eigenvalue weighted by Crippen LogP contribution is -2.53. The van der Waals surface area contributed by atoms with Crippen LogP contribution >= 0.6 is 0 Å². The van der Waals surface area contributed by atoms with Gasteiger partial charge in [0.05, 0.1) is 11.0 Å². The van der Waals surface area contributed by atoms with Gasteiger partial charge in [0.15, 0.2) is 0 Å². The molecule has 0 saturated carbocycles. The van der Waals surface area contributed by atoms with E-state index in [9.17, 15) is 14.9 Å². The van der Waals surface area contributed by atoms with Gasteiger partial charge in [-0.25, -0.2) is 4.98 Å². The number of carbonyl (C=O) groups is 1. The number of anilines is 1. The Labute approximate surface area is 122 Å². The van der Waals surface area contributed by atoms with Crippen molar-refractivity contribution in [2.45, 2.75) is 19.4 Å². The predicted molar refractivity (Wildman–Crippen MR) is 78.0 cm³/mol. The molecule has 0 radical (unpaired) electrons. The molecule has 2 heterocycles. The van der Waals surface area contributed by atoms with Gasteiger partial charge in [0.1, 0.15) is 12.0 Å². The van der Waals surface area contributed by atoms with E-state index in [-0.39, 0.29) is 11.6 Å². The van der Waals surface area contributed by atoms with Gasteiger partial charge in [-0.3, -0.25) is 14.9 Å². The van der Waals surface area contributed by atoms with E-state index in [0.717, 1.165) is 0 Å².